The van der Waals surface area contributed by atoms with Gasteiger partial charge in [0.1, 0.15) is 5.75 Å². The molecule has 0 radical (unpaired) electrons. The van der Waals surface area contributed by atoms with Crippen molar-refractivity contribution in [3.05, 3.63) is 42.0 Å². The zero-order valence-electron chi connectivity index (χ0n) is 15.8. The van der Waals surface area contributed by atoms with Gasteiger partial charge in [-0.1, -0.05) is 29.8 Å². The van der Waals surface area contributed by atoms with Crippen molar-refractivity contribution in [2.75, 3.05) is 39.3 Å². The molecule has 2 aliphatic rings. The molecule has 2 N–H and O–H groups in total. The second kappa shape index (κ2) is 10.1. The number of likely N-dealkylation sites (tertiary alicyclic amines) is 1. The van der Waals surface area contributed by atoms with Gasteiger partial charge in [-0.25, -0.2) is 0 Å². The lowest BCUT2D eigenvalue weighted by Crippen LogP contribution is -2.46. The van der Waals surface area contributed by atoms with Gasteiger partial charge < -0.3 is 20.3 Å². The van der Waals surface area contributed by atoms with Crippen LogP contribution < -0.4 is 15.4 Å². The Hall–Kier alpha value is -2.34. The first kappa shape index (κ1) is 19.4. The molecule has 1 atom stereocenters. The number of amides is 2. The van der Waals surface area contributed by atoms with Crippen molar-refractivity contribution in [2.45, 2.75) is 25.7 Å². The number of nitrogens with one attached hydrogen (secondary N) is 2. The third kappa shape index (κ3) is 6.10. The minimum absolute atomic E-state index is 0.0597. The maximum atomic E-state index is 12.5. The summed E-state index contributed by atoms with van der Waals surface area (Å²) >= 11 is 0. The third-order valence-electron chi connectivity index (χ3n) is 5.12. The maximum Gasteiger partial charge on any atom is 0.226 e. The summed E-state index contributed by atoms with van der Waals surface area (Å²) in [5.41, 5.74) is 1.28. The van der Waals surface area contributed by atoms with Crippen molar-refractivity contribution >= 4 is 11.8 Å². The maximum absolute atomic E-state index is 12.5. The Morgan fingerprint density at radius 1 is 1.26 bits per heavy atom. The summed E-state index contributed by atoms with van der Waals surface area (Å²) in [5.74, 6) is 0.783. The Labute approximate surface area is 161 Å². The molecule has 1 aromatic rings. The van der Waals surface area contributed by atoms with Gasteiger partial charge in [-0.2, -0.15) is 0 Å². The van der Waals surface area contributed by atoms with Crippen LogP contribution in [-0.4, -0.2) is 56.0 Å². The molecule has 6 nitrogen and oxygen atoms in total. The minimum atomic E-state index is -0.111. The fourth-order valence-electron chi connectivity index (χ4n) is 3.52. The van der Waals surface area contributed by atoms with Gasteiger partial charge >= 0.3 is 0 Å². The molecule has 0 saturated carbocycles. The van der Waals surface area contributed by atoms with Crippen LogP contribution in [0.15, 0.2) is 42.0 Å². The molecule has 2 aliphatic heterocycles. The van der Waals surface area contributed by atoms with E-state index in [2.05, 4.69) is 16.7 Å². The molecule has 6 heteroatoms. The van der Waals surface area contributed by atoms with Gasteiger partial charge in [0.2, 0.25) is 11.8 Å². The summed E-state index contributed by atoms with van der Waals surface area (Å²) < 4.78 is 5.61. The zero-order chi connectivity index (χ0) is 18.9. The second-order valence-corrected chi connectivity index (χ2v) is 7.12. The number of nitrogens with zero attached hydrogens (tertiary/aromatic N) is 1. The Balaban J connectivity index is 1.40. The fourth-order valence-corrected chi connectivity index (χ4v) is 3.52. The predicted molar refractivity (Wildman–Crippen MR) is 104 cm³/mol. The number of para-hydroxylation sites is 1. The highest BCUT2D eigenvalue weighted by Crippen LogP contribution is 2.18. The molecule has 0 spiro atoms. The lowest BCUT2D eigenvalue weighted by atomic mass is 9.96. The summed E-state index contributed by atoms with van der Waals surface area (Å²) in [6.07, 6.45) is 5.18. The fraction of sp³-hybridized carbons (Fsp3) is 0.524. The smallest absolute Gasteiger partial charge is 0.226 e. The average Bonchev–Trinajstić information content (AvgIpc) is 2.73. The van der Waals surface area contributed by atoms with Gasteiger partial charge in [0.15, 0.2) is 0 Å². The Morgan fingerprint density at radius 2 is 2.11 bits per heavy atom. The highest BCUT2D eigenvalue weighted by atomic mass is 16.5. The number of carbonyl (C=O) groups excluding carboxylic acids is 2. The standard InChI is InChI=1S/C21H29N3O3/c25-20(10-14-27-19-6-2-1-3-7-19)24-13-4-5-18(16-24)21(26)23-15-17-8-11-22-12-9-17/h1-3,6-8,18,22H,4-5,9-16H2,(H,23,26). The number of hydrogen-bond acceptors (Lipinski definition) is 4. The molecule has 1 unspecified atom stereocenters. The van der Waals surface area contributed by atoms with E-state index in [0.717, 1.165) is 44.6 Å². The number of piperidine rings is 1. The van der Waals surface area contributed by atoms with Crippen LogP contribution in [0, 0.1) is 5.92 Å². The Kier molecular flexibility index (Phi) is 7.27. The number of rotatable bonds is 7. The first-order chi connectivity index (χ1) is 13.2. The molecule has 0 bridgehead atoms. The van der Waals surface area contributed by atoms with Crippen molar-refractivity contribution in [3.63, 3.8) is 0 Å². The quantitative estimate of drug-likeness (QED) is 0.716. The van der Waals surface area contributed by atoms with Crippen LogP contribution in [0.3, 0.4) is 0 Å². The van der Waals surface area contributed by atoms with E-state index in [1.165, 1.54) is 5.57 Å². The largest absolute Gasteiger partial charge is 0.493 e. The van der Waals surface area contributed by atoms with Gasteiger partial charge in [-0.3, -0.25) is 9.59 Å². The zero-order valence-corrected chi connectivity index (χ0v) is 15.8. The molecular weight excluding hydrogens is 342 g/mol. The van der Waals surface area contributed by atoms with E-state index in [9.17, 15) is 9.59 Å². The van der Waals surface area contributed by atoms with E-state index < -0.39 is 0 Å². The van der Waals surface area contributed by atoms with Crippen LogP contribution >= 0.6 is 0 Å². The highest BCUT2D eigenvalue weighted by Gasteiger charge is 2.28. The van der Waals surface area contributed by atoms with Crippen LogP contribution in [0.4, 0.5) is 0 Å². The van der Waals surface area contributed by atoms with Gasteiger partial charge in [0.05, 0.1) is 18.9 Å². The summed E-state index contributed by atoms with van der Waals surface area (Å²) in [4.78, 5) is 26.8. The molecule has 146 valence electrons. The SMILES string of the molecule is O=C(NCC1=CCNCC1)C1CCCN(C(=O)CCOc2ccccc2)C1. The minimum Gasteiger partial charge on any atom is -0.493 e. The lowest BCUT2D eigenvalue weighted by molar-refractivity contribution is -0.136. The van der Waals surface area contributed by atoms with E-state index in [1.807, 2.05) is 35.2 Å². The van der Waals surface area contributed by atoms with Gasteiger partial charge in [-0.15, -0.1) is 0 Å². The topological polar surface area (TPSA) is 70.7 Å². The molecule has 1 saturated heterocycles. The van der Waals surface area contributed by atoms with Gasteiger partial charge in [-0.05, 0) is 37.9 Å². The molecule has 2 amide bonds. The van der Waals surface area contributed by atoms with Gasteiger partial charge in [0, 0.05) is 26.2 Å². The lowest BCUT2D eigenvalue weighted by Gasteiger charge is -2.32. The first-order valence-corrected chi connectivity index (χ1v) is 9.84. The third-order valence-corrected chi connectivity index (χ3v) is 5.12. The van der Waals surface area contributed by atoms with E-state index in [-0.39, 0.29) is 17.7 Å². The molecule has 0 aromatic heterocycles. The Morgan fingerprint density at radius 3 is 2.89 bits per heavy atom. The summed E-state index contributed by atoms with van der Waals surface area (Å²) in [6, 6.07) is 9.50. The van der Waals surface area contributed by atoms with Gasteiger partial charge in [0.25, 0.3) is 0 Å². The molecule has 27 heavy (non-hydrogen) atoms. The normalized spacial score (nSPS) is 19.9. The number of ether oxygens (including phenoxy) is 1. The summed E-state index contributed by atoms with van der Waals surface area (Å²) in [5, 5.41) is 6.32. The van der Waals surface area contributed by atoms with Crippen molar-refractivity contribution < 1.29 is 14.3 Å². The van der Waals surface area contributed by atoms with Crippen LogP contribution in [0.25, 0.3) is 0 Å². The molecular formula is C21H29N3O3. The summed E-state index contributed by atoms with van der Waals surface area (Å²) in [6.45, 7) is 4.07. The van der Waals surface area contributed by atoms with Crippen molar-refractivity contribution in [1.29, 1.82) is 0 Å². The second-order valence-electron chi connectivity index (χ2n) is 7.12. The first-order valence-electron chi connectivity index (χ1n) is 9.84. The van der Waals surface area contributed by atoms with E-state index in [4.69, 9.17) is 4.74 Å². The number of hydrogen-bond donors (Lipinski definition) is 2. The van der Waals surface area contributed by atoms with E-state index in [1.54, 1.807) is 0 Å². The van der Waals surface area contributed by atoms with Crippen LogP contribution in [0.1, 0.15) is 25.7 Å². The summed E-state index contributed by atoms with van der Waals surface area (Å²) in [7, 11) is 0. The molecule has 3 rings (SSSR count). The van der Waals surface area contributed by atoms with Crippen LogP contribution in [0.5, 0.6) is 5.75 Å². The predicted octanol–water partition coefficient (Wildman–Crippen LogP) is 1.73. The number of carbonyl (C=O) groups is 2. The molecule has 2 heterocycles. The molecule has 1 aromatic carbocycles. The number of benzene rings is 1. The van der Waals surface area contributed by atoms with Crippen molar-refractivity contribution in [1.82, 2.24) is 15.5 Å². The molecule has 1 fully saturated rings. The highest BCUT2D eigenvalue weighted by molar-refractivity contribution is 5.81. The van der Waals surface area contributed by atoms with Crippen LogP contribution in [0.2, 0.25) is 0 Å². The monoisotopic (exact) mass is 371 g/mol. The Bertz CT molecular complexity index is 660. The van der Waals surface area contributed by atoms with Crippen molar-refractivity contribution in [3.8, 4) is 5.75 Å². The van der Waals surface area contributed by atoms with Crippen molar-refractivity contribution in [2.24, 2.45) is 5.92 Å². The molecule has 0 aliphatic carbocycles. The average molecular weight is 371 g/mol. The van der Waals surface area contributed by atoms with Crippen LogP contribution in [-0.2, 0) is 9.59 Å². The van der Waals surface area contributed by atoms with E-state index in [0.29, 0.717) is 26.1 Å². The van der Waals surface area contributed by atoms with E-state index >= 15 is 0 Å².